The van der Waals surface area contributed by atoms with E-state index in [1.807, 2.05) is 27.7 Å². The minimum atomic E-state index is -0.596. The average Bonchev–Trinajstić information content (AvgIpc) is 2.60. The van der Waals surface area contributed by atoms with Crippen molar-refractivity contribution in [3.63, 3.8) is 0 Å². The Balaban J connectivity index is 2.17. The molecule has 1 saturated heterocycles. The van der Waals surface area contributed by atoms with Gasteiger partial charge in [-0.05, 0) is 70.7 Å². The van der Waals surface area contributed by atoms with Crippen LogP contribution in [0.2, 0.25) is 10.0 Å². The van der Waals surface area contributed by atoms with Gasteiger partial charge in [-0.15, -0.1) is 0 Å². The van der Waals surface area contributed by atoms with Crippen molar-refractivity contribution in [1.82, 2.24) is 9.80 Å². The van der Waals surface area contributed by atoms with Crippen molar-refractivity contribution in [3.05, 3.63) is 33.8 Å². The second kappa shape index (κ2) is 9.16. The predicted molar refractivity (Wildman–Crippen MR) is 108 cm³/mol. The van der Waals surface area contributed by atoms with Gasteiger partial charge in [-0.3, -0.25) is 9.69 Å². The average molecular weight is 415 g/mol. The molecule has 0 aromatic heterocycles. The zero-order valence-electron chi connectivity index (χ0n) is 16.4. The molecule has 2 rings (SSSR count). The summed E-state index contributed by atoms with van der Waals surface area (Å²) in [5, 5.41) is 1.14. The van der Waals surface area contributed by atoms with Gasteiger partial charge in [0.15, 0.2) is 0 Å². The Kier molecular flexibility index (Phi) is 7.40. The van der Waals surface area contributed by atoms with E-state index >= 15 is 0 Å². The molecule has 5 nitrogen and oxygen atoms in total. The van der Waals surface area contributed by atoms with Crippen molar-refractivity contribution in [1.29, 1.82) is 0 Å². The van der Waals surface area contributed by atoms with E-state index in [0.717, 1.165) is 18.4 Å². The smallest absolute Gasteiger partial charge is 0.410 e. The van der Waals surface area contributed by atoms with Crippen LogP contribution in [0, 0.1) is 0 Å². The molecule has 0 aliphatic carbocycles. The van der Waals surface area contributed by atoms with Crippen LogP contribution in [-0.4, -0.2) is 46.5 Å². The van der Waals surface area contributed by atoms with Crippen molar-refractivity contribution in [2.24, 2.45) is 0 Å². The summed E-state index contributed by atoms with van der Waals surface area (Å²) in [5.74, 6) is -0.0842. The Morgan fingerprint density at radius 1 is 1.26 bits per heavy atom. The summed E-state index contributed by atoms with van der Waals surface area (Å²) < 4.78 is 5.50. The molecule has 1 aromatic rings. The van der Waals surface area contributed by atoms with Crippen LogP contribution in [0.4, 0.5) is 4.79 Å². The number of hydrogen-bond acceptors (Lipinski definition) is 3. The first kappa shape index (κ1) is 21.8. The number of benzene rings is 1. The van der Waals surface area contributed by atoms with E-state index in [0.29, 0.717) is 36.1 Å². The standard InChI is InChI=1S/C20H28Cl2N2O3/c1-5-23(13-14-12-15(21)9-10-16(14)22)18(25)17-8-6-7-11-24(17)19(26)27-20(2,3)4/h9-10,12,17H,5-8,11,13H2,1-4H3/t17-/m1/s1. The van der Waals surface area contributed by atoms with E-state index in [4.69, 9.17) is 27.9 Å². The van der Waals surface area contributed by atoms with Gasteiger partial charge >= 0.3 is 6.09 Å². The second-order valence-corrected chi connectivity index (χ2v) is 8.62. The van der Waals surface area contributed by atoms with Gasteiger partial charge < -0.3 is 9.64 Å². The quantitative estimate of drug-likeness (QED) is 0.685. The molecule has 1 aliphatic heterocycles. The summed E-state index contributed by atoms with van der Waals surface area (Å²) in [6.45, 7) is 8.78. The van der Waals surface area contributed by atoms with Gasteiger partial charge in [0.05, 0.1) is 0 Å². The van der Waals surface area contributed by atoms with E-state index in [1.165, 1.54) is 0 Å². The zero-order chi connectivity index (χ0) is 20.2. The lowest BCUT2D eigenvalue weighted by Gasteiger charge is -2.38. The van der Waals surface area contributed by atoms with Gasteiger partial charge in [0, 0.05) is 29.7 Å². The van der Waals surface area contributed by atoms with Crippen LogP contribution in [-0.2, 0) is 16.1 Å². The molecule has 1 fully saturated rings. The van der Waals surface area contributed by atoms with Crippen LogP contribution in [0.15, 0.2) is 18.2 Å². The van der Waals surface area contributed by atoms with Crippen LogP contribution >= 0.6 is 23.2 Å². The first-order valence-electron chi connectivity index (χ1n) is 9.34. The molecule has 1 aliphatic rings. The highest BCUT2D eigenvalue weighted by molar-refractivity contribution is 6.33. The Bertz CT molecular complexity index is 688. The number of likely N-dealkylation sites (tertiary alicyclic amines) is 1. The van der Waals surface area contributed by atoms with Crippen molar-refractivity contribution >= 4 is 35.2 Å². The zero-order valence-corrected chi connectivity index (χ0v) is 17.9. The van der Waals surface area contributed by atoms with Gasteiger partial charge in [0.1, 0.15) is 11.6 Å². The lowest BCUT2D eigenvalue weighted by atomic mass is 10.0. The van der Waals surface area contributed by atoms with Crippen LogP contribution in [0.3, 0.4) is 0 Å². The molecule has 0 radical (unpaired) electrons. The number of hydrogen-bond donors (Lipinski definition) is 0. The Morgan fingerprint density at radius 2 is 1.96 bits per heavy atom. The highest BCUT2D eigenvalue weighted by Gasteiger charge is 2.36. The van der Waals surface area contributed by atoms with Crippen LogP contribution < -0.4 is 0 Å². The van der Waals surface area contributed by atoms with Crippen molar-refractivity contribution in [3.8, 4) is 0 Å². The molecule has 0 bridgehead atoms. The second-order valence-electron chi connectivity index (χ2n) is 7.77. The topological polar surface area (TPSA) is 49.9 Å². The van der Waals surface area contributed by atoms with Gasteiger partial charge in [-0.25, -0.2) is 4.79 Å². The van der Waals surface area contributed by atoms with E-state index in [2.05, 4.69) is 0 Å². The molecular weight excluding hydrogens is 387 g/mol. The normalized spacial score (nSPS) is 17.6. The van der Waals surface area contributed by atoms with Crippen LogP contribution in [0.1, 0.15) is 52.5 Å². The SMILES string of the molecule is CCN(Cc1cc(Cl)ccc1Cl)C(=O)[C@H]1CCCCN1C(=O)OC(C)(C)C. The third kappa shape index (κ3) is 6.01. The molecule has 27 heavy (non-hydrogen) atoms. The summed E-state index contributed by atoms with van der Waals surface area (Å²) in [7, 11) is 0. The highest BCUT2D eigenvalue weighted by Crippen LogP contribution is 2.25. The first-order valence-corrected chi connectivity index (χ1v) is 10.1. The number of likely N-dealkylation sites (N-methyl/N-ethyl adjacent to an activating group) is 1. The fraction of sp³-hybridized carbons (Fsp3) is 0.600. The third-order valence-electron chi connectivity index (χ3n) is 4.48. The molecule has 0 spiro atoms. The monoisotopic (exact) mass is 414 g/mol. The maximum Gasteiger partial charge on any atom is 0.410 e. The molecule has 2 amide bonds. The first-order chi connectivity index (χ1) is 12.6. The minimum Gasteiger partial charge on any atom is -0.444 e. The maximum absolute atomic E-state index is 13.2. The van der Waals surface area contributed by atoms with E-state index in [-0.39, 0.29) is 5.91 Å². The number of rotatable bonds is 4. The number of piperidine rings is 1. The molecule has 1 heterocycles. The molecule has 150 valence electrons. The Morgan fingerprint density at radius 3 is 2.59 bits per heavy atom. The Hall–Kier alpha value is -1.46. The lowest BCUT2D eigenvalue weighted by molar-refractivity contribution is -0.138. The largest absolute Gasteiger partial charge is 0.444 e. The number of nitrogens with zero attached hydrogens (tertiary/aromatic N) is 2. The van der Waals surface area contributed by atoms with Gasteiger partial charge in [0.25, 0.3) is 0 Å². The van der Waals surface area contributed by atoms with Gasteiger partial charge in [-0.2, -0.15) is 0 Å². The molecule has 0 unspecified atom stereocenters. The molecule has 1 atom stereocenters. The maximum atomic E-state index is 13.2. The number of amides is 2. The van der Waals surface area contributed by atoms with Crippen LogP contribution in [0.5, 0.6) is 0 Å². The van der Waals surface area contributed by atoms with Gasteiger partial charge in [0.2, 0.25) is 5.91 Å². The number of carbonyl (C=O) groups excluding carboxylic acids is 2. The molecule has 0 N–H and O–H groups in total. The van der Waals surface area contributed by atoms with Crippen molar-refractivity contribution in [2.45, 2.75) is 65.1 Å². The summed E-state index contributed by atoms with van der Waals surface area (Å²) in [4.78, 5) is 29.1. The van der Waals surface area contributed by atoms with Crippen LogP contribution in [0.25, 0.3) is 0 Å². The minimum absolute atomic E-state index is 0.0842. The fourth-order valence-corrected chi connectivity index (χ4v) is 3.53. The highest BCUT2D eigenvalue weighted by atomic mass is 35.5. The Labute approximate surface area is 171 Å². The predicted octanol–water partition coefficient (Wildman–Crippen LogP) is 5.13. The summed E-state index contributed by atoms with van der Waals surface area (Å²) in [6.07, 6.45) is 1.98. The number of ether oxygens (including phenoxy) is 1. The summed E-state index contributed by atoms with van der Waals surface area (Å²) in [5.41, 5.74) is 0.194. The molecule has 7 heteroatoms. The number of halogens is 2. The fourth-order valence-electron chi connectivity index (χ4n) is 3.15. The van der Waals surface area contributed by atoms with E-state index in [1.54, 1.807) is 28.0 Å². The van der Waals surface area contributed by atoms with E-state index < -0.39 is 17.7 Å². The van der Waals surface area contributed by atoms with Crippen molar-refractivity contribution < 1.29 is 14.3 Å². The third-order valence-corrected chi connectivity index (χ3v) is 5.08. The summed E-state index contributed by atoms with van der Waals surface area (Å²) in [6, 6.07) is 4.71. The molecular formula is C20H28Cl2N2O3. The van der Waals surface area contributed by atoms with Gasteiger partial charge in [-0.1, -0.05) is 23.2 Å². The van der Waals surface area contributed by atoms with Crippen molar-refractivity contribution in [2.75, 3.05) is 13.1 Å². The van der Waals surface area contributed by atoms with E-state index in [9.17, 15) is 9.59 Å². The number of carbonyl (C=O) groups is 2. The lowest BCUT2D eigenvalue weighted by Crippen LogP contribution is -2.53. The molecule has 0 saturated carbocycles. The molecule has 1 aromatic carbocycles. The summed E-state index contributed by atoms with van der Waals surface area (Å²) >= 11 is 12.3.